The zero-order valence-corrected chi connectivity index (χ0v) is 16.9. The molecule has 1 heterocycles. The molecule has 1 aliphatic heterocycles. The molecule has 3 atom stereocenters. The maximum atomic E-state index is 13.3. The molecular formula is C23H27F3N2O. The maximum absolute atomic E-state index is 13.3. The van der Waals surface area contributed by atoms with Crippen LogP contribution in [-0.2, 0) is 6.18 Å². The van der Waals surface area contributed by atoms with Gasteiger partial charge >= 0.3 is 6.18 Å². The summed E-state index contributed by atoms with van der Waals surface area (Å²) in [6, 6.07) is 13.0. The van der Waals surface area contributed by atoms with Crippen molar-refractivity contribution in [1.82, 2.24) is 10.6 Å². The molecule has 1 saturated heterocycles. The van der Waals surface area contributed by atoms with Gasteiger partial charge in [0.05, 0.1) is 11.6 Å². The van der Waals surface area contributed by atoms with E-state index in [1.165, 1.54) is 19.1 Å². The molecule has 0 spiro atoms. The third-order valence-electron chi connectivity index (χ3n) is 5.94. The molecular weight excluding hydrogens is 377 g/mol. The molecule has 2 unspecified atom stereocenters. The van der Waals surface area contributed by atoms with Gasteiger partial charge in [-0.15, -0.1) is 0 Å². The molecule has 0 aliphatic carbocycles. The van der Waals surface area contributed by atoms with Crippen LogP contribution >= 0.6 is 0 Å². The van der Waals surface area contributed by atoms with Crippen molar-refractivity contribution in [2.75, 3.05) is 6.54 Å². The lowest BCUT2D eigenvalue weighted by atomic mass is 9.78. The summed E-state index contributed by atoms with van der Waals surface area (Å²) in [5.74, 6) is 0.0463. The predicted octanol–water partition coefficient (Wildman–Crippen LogP) is 5.26. The van der Waals surface area contributed by atoms with Gasteiger partial charge in [0.25, 0.3) is 5.91 Å². The fraction of sp³-hybridized carbons (Fsp3) is 0.435. The summed E-state index contributed by atoms with van der Waals surface area (Å²) in [5.41, 5.74) is -0.250. The molecule has 1 aliphatic rings. The van der Waals surface area contributed by atoms with E-state index in [1.807, 2.05) is 30.3 Å². The van der Waals surface area contributed by atoms with Gasteiger partial charge in [-0.05, 0) is 62.4 Å². The zero-order valence-electron chi connectivity index (χ0n) is 16.9. The van der Waals surface area contributed by atoms with Crippen molar-refractivity contribution in [3.63, 3.8) is 0 Å². The van der Waals surface area contributed by atoms with Crippen LogP contribution in [0.2, 0.25) is 0 Å². The molecule has 3 nitrogen and oxygen atoms in total. The second-order valence-corrected chi connectivity index (χ2v) is 8.24. The number of hydrogen-bond acceptors (Lipinski definition) is 2. The van der Waals surface area contributed by atoms with Crippen LogP contribution in [-0.4, -0.2) is 18.0 Å². The average Bonchev–Trinajstić information content (AvgIpc) is 2.68. The summed E-state index contributed by atoms with van der Waals surface area (Å²) in [4.78, 5) is 13.1. The Hall–Kier alpha value is -2.34. The van der Waals surface area contributed by atoms with Crippen molar-refractivity contribution in [1.29, 1.82) is 0 Å². The lowest BCUT2D eigenvalue weighted by Crippen LogP contribution is -2.57. The quantitative estimate of drug-likeness (QED) is 0.730. The first-order valence-electron chi connectivity index (χ1n) is 9.89. The van der Waals surface area contributed by atoms with Crippen LogP contribution in [0.5, 0.6) is 0 Å². The van der Waals surface area contributed by atoms with E-state index in [2.05, 4.69) is 24.5 Å². The van der Waals surface area contributed by atoms with Crippen LogP contribution in [0.1, 0.15) is 59.8 Å². The number of amides is 1. The van der Waals surface area contributed by atoms with Gasteiger partial charge in [0.15, 0.2) is 0 Å². The van der Waals surface area contributed by atoms with Gasteiger partial charge in [-0.25, -0.2) is 0 Å². The standard InChI is InChI=1S/C23H27F3N2O/c1-15-12-13-22(3,27-14-15)20(17-8-5-4-6-9-17)28-21(29)18-10-7-11-19(16(18)2)23(24,25)26/h4-11,15,20,27H,12-14H2,1-3H3,(H,28,29)/t15?,20-,22?/m1/s1. The first-order valence-corrected chi connectivity index (χ1v) is 9.89. The average molecular weight is 404 g/mol. The highest BCUT2D eigenvalue weighted by Gasteiger charge is 2.39. The molecule has 2 N–H and O–H groups in total. The third-order valence-corrected chi connectivity index (χ3v) is 5.94. The largest absolute Gasteiger partial charge is 0.416 e. The third kappa shape index (κ3) is 4.64. The number of carbonyl (C=O) groups is 1. The molecule has 2 aromatic rings. The fourth-order valence-corrected chi connectivity index (χ4v) is 4.04. The molecule has 0 bridgehead atoms. The Morgan fingerprint density at radius 1 is 1.17 bits per heavy atom. The number of rotatable bonds is 4. The molecule has 2 aromatic carbocycles. The summed E-state index contributed by atoms with van der Waals surface area (Å²) in [7, 11) is 0. The molecule has 1 fully saturated rings. The van der Waals surface area contributed by atoms with Crippen molar-refractivity contribution >= 4 is 5.91 Å². The van der Waals surface area contributed by atoms with Gasteiger partial charge in [0.2, 0.25) is 0 Å². The van der Waals surface area contributed by atoms with Crippen LogP contribution in [0.15, 0.2) is 48.5 Å². The van der Waals surface area contributed by atoms with Gasteiger partial charge in [-0.3, -0.25) is 4.79 Å². The Kier molecular flexibility index (Phi) is 6.03. The van der Waals surface area contributed by atoms with Crippen molar-refractivity contribution in [2.45, 2.75) is 51.4 Å². The molecule has 1 amide bonds. The van der Waals surface area contributed by atoms with Crippen molar-refractivity contribution in [2.24, 2.45) is 5.92 Å². The van der Waals surface area contributed by atoms with E-state index in [1.54, 1.807) is 0 Å². The molecule has 156 valence electrons. The number of alkyl halides is 3. The molecule has 0 radical (unpaired) electrons. The zero-order chi connectivity index (χ0) is 21.2. The minimum Gasteiger partial charge on any atom is -0.343 e. The lowest BCUT2D eigenvalue weighted by molar-refractivity contribution is -0.138. The summed E-state index contributed by atoms with van der Waals surface area (Å²) in [6.07, 6.45) is -2.62. The van der Waals surface area contributed by atoms with Crippen LogP contribution in [0.25, 0.3) is 0 Å². The van der Waals surface area contributed by atoms with Gasteiger partial charge in [0.1, 0.15) is 0 Å². The monoisotopic (exact) mass is 404 g/mol. The topological polar surface area (TPSA) is 41.1 Å². The van der Waals surface area contributed by atoms with E-state index in [0.717, 1.165) is 31.0 Å². The van der Waals surface area contributed by atoms with E-state index in [0.29, 0.717) is 5.92 Å². The highest BCUT2D eigenvalue weighted by atomic mass is 19.4. The van der Waals surface area contributed by atoms with Crippen LogP contribution in [0, 0.1) is 12.8 Å². The molecule has 29 heavy (non-hydrogen) atoms. The Morgan fingerprint density at radius 3 is 2.45 bits per heavy atom. The first-order chi connectivity index (χ1) is 13.6. The van der Waals surface area contributed by atoms with Crippen LogP contribution in [0.3, 0.4) is 0 Å². The van der Waals surface area contributed by atoms with Crippen LogP contribution < -0.4 is 10.6 Å². The summed E-state index contributed by atoms with van der Waals surface area (Å²) >= 11 is 0. The lowest BCUT2D eigenvalue weighted by Gasteiger charge is -2.44. The number of hydrogen-bond donors (Lipinski definition) is 2. The number of nitrogens with one attached hydrogen (secondary N) is 2. The van der Waals surface area contributed by atoms with Gasteiger partial charge in [-0.1, -0.05) is 43.3 Å². The van der Waals surface area contributed by atoms with Crippen molar-refractivity contribution < 1.29 is 18.0 Å². The first kappa shape index (κ1) is 21.4. The van der Waals surface area contributed by atoms with Crippen LogP contribution in [0.4, 0.5) is 13.2 Å². The molecule has 0 saturated carbocycles. The minimum atomic E-state index is -4.49. The van der Waals surface area contributed by atoms with E-state index in [-0.39, 0.29) is 22.7 Å². The maximum Gasteiger partial charge on any atom is 0.416 e. The summed E-state index contributed by atoms with van der Waals surface area (Å²) in [6.45, 7) is 6.42. The Morgan fingerprint density at radius 2 is 1.86 bits per heavy atom. The van der Waals surface area contributed by atoms with E-state index < -0.39 is 17.6 Å². The van der Waals surface area contributed by atoms with E-state index >= 15 is 0 Å². The number of halogens is 3. The minimum absolute atomic E-state index is 0.0496. The van der Waals surface area contributed by atoms with Crippen molar-refractivity contribution in [3.05, 3.63) is 70.8 Å². The van der Waals surface area contributed by atoms with Gasteiger partial charge in [0, 0.05) is 11.1 Å². The molecule has 0 aromatic heterocycles. The summed E-state index contributed by atoms with van der Waals surface area (Å²) in [5, 5.41) is 6.58. The molecule has 6 heteroatoms. The Labute approximate surface area is 169 Å². The normalized spacial score (nSPS) is 23.4. The highest BCUT2D eigenvalue weighted by molar-refractivity contribution is 5.96. The fourth-order valence-electron chi connectivity index (χ4n) is 4.04. The predicted molar refractivity (Wildman–Crippen MR) is 108 cm³/mol. The SMILES string of the molecule is Cc1c(C(=O)N[C@H](c2ccccc2)C2(C)CCC(C)CN2)cccc1C(F)(F)F. The highest BCUT2D eigenvalue weighted by Crippen LogP contribution is 2.36. The number of piperidine rings is 1. The smallest absolute Gasteiger partial charge is 0.343 e. The van der Waals surface area contributed by atoms with Gasteiger partial charge < -0.3 is 10.6 Å². The van der Waals surface area contributed by atoms with Gasteiger partial charge in [-0.2, -0.15) is 13.2 Å². The van der Waals surface area contributed by atoms with E-state index in [9.17, 15) is 18.0 Å². The Bertz CT molecular complexity index is 856. The second kappa shape index (κ2) is 8.19. The Balaban J connectivity index is 1.94. The summed E-state index contributed by atoms with van der Waals surface area (Å²) < 4.78 is 39.8. The van der Waals surface area contributed by atoms with E-state index in [4.69, 9.17) is 0 Å². The number of benzene rings is 2. The second-order valence-electron chi connectivity index (χ2n) is 8.24. The molecule has 3 rings (SSSR count). The number of carbonyl (C=O) groups excluding carboxylic acids is 1. The van der Waals surface area contributed by atoms with Crippen molar-refractivity contribution in [3.8, 4) is 0 Å².